The molecule has 9 heteroatoms. The highest BCUT2D eigenvalue weighted by Crippen LogP contribution is 2.26. The SMILES string of the molecule is CN1CCn2cc(S(=O)(=O)Nc3ccc(F)cc3Cl)cc2C1=O. The largest absolute Gasteiger partial charge is 0.340 e. The molecule has 1 amide bonds. The molecule has 0 radical (unpaired) electrons. The lowest BCUT2D eigenvalue weighted by Crippen LogP contribution is -2.36. The first-order chi connectivity index (χ1) is 10.8. The molecule has 0 spiro atoms. The van der Waals surface area contributed by atoms with Gasteiger partial charge in [-0.3, -0.25) is 9.52 Å². The van der Waals surface area contributed by atoms with Gasteiger partial charge in [0.1, 0.15) is 16.4 Å². The van der Waals surface area contributed by atoms with Crippen molar-refractivity contribution in [3.05, 3.63) is 47.0 Å². The van der Waals surface area contributed by atoms with E-state index in [1.54, 1.807) is 11.6 Å². The monoisotopic (exact) mass is 357 g/mol. The van der Waals surface area contributed by atoms with E-state index < -0.39 is 15.8 Å². The highest BCUT2D eigenvalue weighted by atomic mass is 35.5. The fourth-order valence-electron chi connectivity index (χ4n) is 2.33. The van der Waals surface area contributed by atoms with E-state index in [1.807, 2.05) is 0 Å². The zero-order valence-corrected chi connectivity index (χ0v) is 13.7. The first kappa shape index (κ1) is 15.8. The van der Waals surface area contributed by atoms with Gasteiger partial charge in [0.25, 0.3) is 15.9 Å². The zero-order valence-electron chi connectivity index (χ0n) is 12.1. The number of carbonyl (C=O) groups excluding carboxylic acids is 1. The third-order valence-electron chi connectivity index (χ3n) is 3.60. The number of carbonyl (C=O) groups is 1. The lowest BCUT2D eigenvalue weighted by atomic mass is 10.3. The van der Waals surface area contributed by atoms with Gasteiger partial charge in [0.2, 0.25) is 0 Å². The Morgan fingerprint density at radius 3 is 2.70 bits per heavy atom. The molecule has 1 aliphatic heterocycles. The normalized spacial score (nSPS) is 14.7. The summed E-state index contributed by atoms with van der Waals surface area (Å²) < 4.78 is 41.8. The molecule has 0 saturated heterocycles. The van der Waals surface area contributed by atoms with Crippen molar-refractivity contribution in [2.24, 2.45) is 0 Å². The molecule has 122 valence electrons. The number of amides is 1. The number of fused-ring (bicyclic) bond motifs is 1. The molecule has 1 aromatic carbocycles. The van der Waals surface area contributed by atoms with Crippen LogP contribution in [0.1, 0.15) is 10.5 Å². The summed E-state index contributed by atoms with van der Waals surface area (Å²) in [4.78, 5) is 13.5. The quantitative estimate of drug-likeness (QED) is 0.915. The van der Waals surface area contributed by atoms with Crippen molar-refractivity contribution in [2.75, 3.05) is 18.3 Å². The molecule has 1 aliphatic rings. The van der Waals surface area contributed by atoms with E-state index in [2.05, 4.69) is 4.72 Å². The van der Waals surface area contributed by atoms with Crippen LogP contribution in [0.5, 0.6) is 0 Å². The summed E-state index contributed by atoms with van der Waals surface area (Å²) in [5.41, 5.74) is 0.380. The maximum Gasteiger partial charge on any atom is 0.270 e. The number of halogens is 2. The molecule has 2 aromatic rings. The van der Waals surface area contributed by atoms with Crippen molar-refractivity contribution in [3.63, 3.8) is 0 Å². The smallest absolute Gasteiger partial charge is 0.270 e. The first-order valence-corrected chi connectivity index (χ1v) is 8.57. The zero-order chi connectivity index (χ0) is 16.8. The minimum atomic E-state index is -3.93. The standard InChI is InChI=1S/C14H13ClFN3O3S/c1-18-4-5-19-8-10(7-13(19)14(18)20)23(21,22)17-12-3-2-9(16)6-11(12)15/h2-3,6-8,17H,4-5H2,1H3. The highest BCUT2D eigenvalue weighted by Gasteiger charge is 2.26. The van der Waals surface area contributed by atoms with E-state index >= 15 is 0 Å². The second-order valence-electron chi connectivity index (χ2n) is 5.21. The lowest BCUT2D eigenvalue weighted by molar-refractivity contribution is 0.0749. The van der Waals surface area contributed by atoms with E-state index in [0.29, 0.717) is 18.8 Å². The molecule has 6 nitrogen and oxygen atoms in total. The van der Waals surface area contributed by atoms with Crippen molar-refractivity contribution >= 4 is 33.2 Å². The number of aromatic nitrogens is 1. The van der Waals surface area contributed by atoms with Crippen LogP contribution in [-0.2, 0) is 16.6 Å². The van der Waals surface area contributed by atoms with Crippen LogP contribution < -0.4 is 4.72 Å². The van der Waals surface area contributed by atoms with Crippen LogP contribution in [0.2, 0.25) is 5.02 Å². The van der Waals surface area contributed by atoms with Gasteiger partial charge in [-0.05, 0) is 24.3 Å². The van der Waals surface area contributed by atoms with Gasteiger partial charge in [-0.25, -0.2) is 12.8 Å². The maximum absolute atomic E-state index is 13.0. The predicted molar refractivity (Wildman–Crippen MR) is 83.6 cm³/mol. The van der Waals surface area contributed by atoms with Crippen molar-refractivity contribution in [1.82, 2.24) is 9.47 Å². The van der Waals surface area contributed by atoms with E-state index in [-0.39, 0.29) is 21.5 Å². The Morgan fingerprint density at radius 2 is 2.00 bits per heavy atom. The van der Waals surface area contributed by atoms with E-state index in [1.165, 1.54) is 23.2 Å². The van der Waals surface area contributed by atoms with Crippen molar-refractivity contribution in [2.45, 2.75) is 11.4 Å². The van der Waals surface area contributed by atoms with Crippen molar-refractivity contribution in [3.8, 4) is 0 Å². The number of likely N-dealkylation sites (N-methyl/N-ethyl adjacent to an activating group) is 1. The maximum atomic E-state index is 13.0. The second kappa shape index (κ2) is 5.54. The summed E-state index contributed by atoms with van der Waals surface area (Å²) in [6.45, 7) is 1.03. The van der Waals surface area contributed by atoms with Crippen LogP contribution in [0.25, 0.3) is 0 Å². The third-order valence-corrected chi connectivity index (χ3v) is 5.24. The Balaban J connectivity index is 1.95. The van der Waals surface area contributed by atoms with Crippen LogP contribution in [0.15, 0.2) is 35.4 Å². The van der Waals surface area contributed by atoms with Crippen LogP contribution in [0.3, 0.4) is 0 Å². The molecule has 2 heterocycles. The number of hydrogen-bond acceptors (Lipinski definition) is 3. The minimum absolute atomic E-state index is 0.0449. The molecular weight excluding hydrogens is 345 g/mol. The highest BCUT2D eigenvalue weighted by molar-refractivity contribution is 7.92. The van der Waals surface area contributed by atoms with Gasteiger partial charge >= 0.3 is 0 Å². The predicted octanol–water partition coefficient (Wildman–Crippen LogP) is 2.17. The molecule has 0 saturated carbocycles. The number of rotatable bonds is 3. The number of benzene rings is 1. The van der Waals surface area contributed by atoms with Crippen LogP contribution in [0, 0.1) is 5.82 Å². The number of anilines is 1. The molecule has 3 rings (SSSR count). The molecule has 23 heavy (non-hydrogen) atoms. The average molecular weight is 358 g/mol. The molecule has 1 aromatic heterocycles. The van der Waals surface area contributed by atoms with Gasteiger partial charge < -0.3 is 9.47 Å². The third kappa shape index (κ3) is 2.91. The topological polar surface area (TPSA) is 71.4 Å². The fourth-order valence-corrected chi connectivity index (χ4v) is 3.71. The van der Waals surface area contributed by atoms with Crippen molar-refractivity contribution in [1.29, 1.82) is 0 Å². The lowest BCUT2D eigenvalue weighted by Gasteiger charge is -2.23. The molecule has 0 atom stereocenters. The average Bonchev–Trinajstić information content (AvgIpc) is 2.92. The Hall–Kier alpha value is -2.06. The fraction of sp³-hybridized carbons (Fsp3) is 0.214. The van der Waals surface area contributed by atoms with Gasteiger partial charge in [0.05, 0.1) is 10.7 Å². The molecule has 0 aliphatic carbocycles. The first-order valence-electron chi connectivity index (χ1n) is 6.71. The molecule has 1 N–H and O–H groups in total. The van der Waals surface area contributed by atoms with Crippen LogP contribution in [-0.4, -0.2) is 37.4 Å². The second-order valence-corrected chi connectivity index (χ2v) is 7.30. The van der Waals surface area contributed by atoms with Gasteiger partial charge in [-0.15, -0.1) is 0 Å². The van der Waals surface area contributed by atoms with Gasteiger partial charge in [0.15, 0.2) is 0 Å². The van der Waals surface area contributed by atoms with Gasteiger partial charge in [-0.2, -0.15) is 0 Å². The molecule has 0 unspecified atom stereocenters. The Bertz CT molecular complexity index is 895. The number of sulfonamides is 1. The summed E-state index contributed by atoms with van der Waals surface area (Å²) >= 11 is 5.83. The number of nitrogens with one attached hydrogen (secondary N) is 1. The van der Waals surface area contributed by atoms with Crippen molar-refractivity contribution < 1.29 is 17.6 Å². The minimum Gasteiger partial charge on any atom is -0.340 e. The van der Waals surface area contributed by atoms with Crippen LogP contribution in [0.4, 0.5) is 10.1 Å². The molecule has 0 bridgehead atoms. The summed E-state index contributed by atoms with van der Waals surface area (Å²) in [5.74, 6) is -0.802. The van der Waals surface area contributed by atoms with E-state index in [0.717, 1.165) is 12.1 Å². The number of hydrogen-bond donors (Lipinski definition) is 1. The Morgan fingerprint density at radius 1 is 1.26 bits per heavy atom. The molecule has 0 fully saturated rings. The molecular formula is C14H13ClFN3O3S. The summed E-state index contributed by atoms with van der Waals surface area (Å²) in [7, 11) is -2.28. The van der Waals surface area contributed by atoms with E-state index in [9.17, 15) is 17.6 Å². The summed E-state index contributed by atoms with van der Waals surface area (Å²) in [6.07, 6.45) is 1.40. The Labute approximate surface area is 137 Å². The summed E-state index contributed by atoms with van der Waals surface area (Å²) in [5, 5.41) is -0.0478. The van der Waals surface area contributed by atoms with E-state index in [4.69, 9.17) is 11.6 Å². The number of nitrogens with zero attached hydrogens (tertiary/aromatic N) is 2. The van der Waals surface area contributed by atoms with Crippen LogP contribution >= 0.6 is 11.6 Å². The van der Waals surface area contributed by atoms with Gasteiger partial charge in [0, 0.05) is 26.3 Å². The van der Waals surface area contributed by atoms with Gasteiger partial charge in [-0.1, -0.05) is 11.6 Å². The summed E-state index contributed by atoms with van der Waals surface area (Å²) in [6, 6.07) is 4.68. The Kier molecular flexibility index (Phi) is 3.81.